The number of carbonyl (C=O) groups is 2. The minimum atomic E-state index is -0.0497. The Kier molecular flexibility index (Phi) is 3.40. The lowest BCUT2D eigenvalue weighted by atomic mass is 10.3. The second-order valence-corrected chi connectivity index (χ2v) is 5.90. The molecular formula is C14H15N3O2S. The van der Waals surface area contributed by atoms with Gasteiger partial charge < -0.3 is 10.6 Å². The van der Waals surface area contributed by atoms with Crippen LogP contribution in [0.1, 0.15) is 26.2 Å². The second kappa shape index (κ2) is 5.20. The van der Waals surface area contributed by atoms with Gasteiger partial charge in [0, 0.05) is 18.0 Å². The molecule has 2 amide bonds. The molecule has 1 saturated carbocycles. The molecule has 2 aromatic rings. The molecule has 1 aliphatic rings. The first-order valence-corrected chi connectivity index (χ1v) is 7.48. The van der Waals surface area contributed by atoms with Crippen molar-refractivity contribution < 1.29 is 9.59 Å². The zero-order chi connectivity index (χ0) is 14.1. The molecule has 0 bridgehead atoms. The summed E-state index contributed by atoms with van der Waals surface area (Å²) >= 11 is 1.41. The van der Waals surface area contributed by atoms with Crippen molar-refractivity contribution in [1.82, 2.24) is 4.98 Å². The van der Waals surface area contributed by atoms with Crippen LogP contribution < -0.4 is 10.6 Å². The van der Waals surface area contributed by atoms with Gasteiger partial charge in [0.25, 0.3) is 0 Å². The van der Waals surface area contributed by atoms with E-state index >= 15 is 0 Å². The number of hydrogen-bond donors (Lipinski definition) is 2. The van der Waals surface area contributed by atoms with Crippen molar-refractivity contribution in [3.63, 3.8) is 0 Å². The number of amides is 2. The lowest BCUT2D eigenvalue weighted by molar-refractivity contribution is -0.117. The molecule has 20 heavy (non-hydrogen) atoms. The predicted octanol–water partition coefficient (Wildman–Crippen LogP) is 2.99. The van der Waals surface area contributed by atoms with Gasteiger partial charge in [0.2, 0.25) is 11.8 Å². The normalized spacial score (nSPS) is 14.2. The first-order valence-electron chi connectivity index (χ1n) is 6.67. The fourth-order valence-corrected chi connectivity index (χ4v) is 2.77. The Balaban J connectivity index is 1.79. The summed E-state index contributed by atoms with van der Waals surface area (Å²) in [6.07, 6.45) is 2.41. The first-order chi connectivity index (χ1) is 9.65. The SMILES string of the molecule is CCC(=O)Nc1nc2ccc(NC(=O)C3CC3)cc2s1. The molecule has 1 aliphatic carbocycles. The van der Waals surface area contributed by atoms with Crippen molar-refractivity contribution in [2.75, 3.05) is 10.6 Å². The van der Waals surface area contributed by atoms with Gasteiger partial charge >= 0.3 is 0 Å². The van der Waals surface area contributed by atoms with Crippen LogP contribution in [0.3, 0.4) is 0 Å². The Labute approximate surface area is 120 Å². The van der Waals surface area contributed by atoms with Gasteiger partial charge in [-0.3, -0.25) is 9.59 Å². The lowest BCUT2D eigenvalue weighted by Gasteiger charge is -2.03. The maximum Gasteiger partial charge on any atom is 0.227 e. The smallest absolute Gasteiger partial charge is 0.227 e. The predicted molar refractivity (Wildman–Crippen MR) is 79.9 cm³/mol. The van der Waals surface area contributed by atoms with Gasteiger partial charge in [-0.15, -0.1) is 0 Å². The minimum absolute atomic E-state index is 0.0497. The molecule has 0 radical (unpaired) electrons. The van der Waals surface area contributed by atoms with Gasteiger partial charge in [0.05, 0.1) is 10.2 Å². The number of aromatic nitrogens is 1. The van der Waals surface area contributed by atoms with Crippen molar-refractivity contribution in [2.45, 2.75) is 26.2 Å². The van der Waals surface area contributed by atoms with Gasteiger partial charge in [-0.05, 0) is 31.0 Å². The molecule has 0 aliphatic heterocycles. The third-order valence-electron chi connectivity index (χ3n) is 3.17. The van der Waals surface area contributed by atoms with E-state index in [1.165, 1.54) is 11.3 Å². The Hall–Kier alpha value is -1.95. The van der Waals surface area contributed by atoms with E-state index < -0.39 is 0 Å². The number of nitrogens with zero attached hydrogens (tertiary/aromatic N) is 1. The second-order valence-electron chi connectivity index (χ2n) is 4.87. The van der Waals surface area contributed by atoms with Crippen LogP contribution in [-0.4, -0.2) is 16.8 Å². The number of rotatable bonds is 4. The van der Waals surface area contributed by atoms with Crippen molar-refractivity contribution in [1.29, 1.82) is 0 Å². The minimum Gasteiger partial charge on any atom is -0.326 e. The molecule has 0 unspecified atom stereocenters. The number of benzene rings is 1. The Morgan fingerprint density at radius 3 is 2.85 bits per heavy atom. The summed E-state index contributed by atoms with van der Waals surface area (Å²) in [5.41, 5.74) is 1.61. The number of anilines is 2. The highest BCUT2D eigenvalue weighted by atomic mass is 32.1. The summed E-state index contributed by atoms with van der Waals surface area (Å²) in [5, 5.41) is 6.26. The molecule has 1 aromatic heterocycles. The zero-order valence-electron chi connectivity index (χ0n) is 11.1. The zero-order valence-corrected chi connectivity index (χ0v) is 11.9. The van der Waals surface area contributed by atoms with Crippen LogP contribution in [0.2, 0.25) is 0 Å². The summed E-state index contributed by atoms with van der Waals surface area (Å²) in [7, 11) is 0. The monoisotopic (exact) mass is 289 g/mol. The largest absolute Gasteiger partial charge is 0.326 e. The van der Waals surface area contributed by atoms with E-state index in [4.69, 9.17) is 0 Å². The van der Waals surface area contributed by atoms with Crippen molar-refractivity contribution in [3.05, 3.63) is 18.2 Å². The van der Waals surface area contributed by atoms with E-state index in [1.807, 2.05) is 18.2 Å². The maximum absolute atomic E-state index is 11.7. The standard InChI is InChI=1S/C14H15N3O2S/c1-2-12(18)17-14-16-10-6-5-9(7-11(10)20-14)15-13(19)8-3-4-8/h5-8H,2-4H2,1H3,(H,15,19)(H,16,17,18). The van der Waals surface area contributed by atoms with E-state index in [0.29, 0.717) is 11.6 Å². The highest BCUT2D eigenvalue weighted by Crippen LogP contribution is 2.32. The van der Waals surface area contributed by atoms with Crippen LogP contribution in [0, 0.1) is 5.92 Å². The lowest BCUT2D eigenvalue weighted by Crippen LogP contribution is -2.12. The van der Waals surface area contributed by atoms with Crippen LogP contribution in [-0.2, 0) is 9.59 Å². The number of thiazole rings is 1. The average Bonchev–Trinajstić information content (AvgIpc) is 3.20. The molecule has 1 fully saturated rings. The molecule has 6 heteroatoms. The molecule has 5 nitrogen and oxygen atoms in total. The highest BCUT2D eigenvalue weighted by molar-refractivity contribution is 7.22. The van der Waals surface area contributed by atoms with Gasteiger partial charge in [-0.2, -0.15) is 0 Å². The van der Waals surface area contributed by atoms with Crippen molar-refractivity contribution in [2.24, 2.45) is 5.92 Å². The van der Waals surface area contributed by atoms with Gasteiger partial charge in [-0.1, -0.05) is 18.3 Å². The fraction of sp³-hybridized carbons (Fsp3) is 0.357. The number of hydrogen-bond acceptors (Lipinski definition) is 4. The number of carbonyl (C=O) groups excluding carboxylic acids is 2. The summed E-state index contributed by atoms with van der Waals surface area (Å²) in [6.45, 7) is 1.80. The molecule has 1 heterocycles. The number of nitrogens with one attached hydrogen (secondary N) is 2. The number of fused-ring (bicyclic) bond motifs is 1. The van der Waals surface area contributed by atoms with Crippen molar-refractivity contribution in [3.8, 4) is 0 Å². The quantitative estimate of drug-likeness (QED) is 0.909. The molecule has 104 valence electrons. The summed E-state index contributed by atoms with van der Waals surface area (Å²) < 4.78 is 0.949. The molecule has 2 N–H and O–H groups in total. The van der Waals surface area contributed by atoms with Crippen LogP contribution in [0.4, 0.5) is 10.8 Å². The van der Waals surface area contributed by atoms with Crippen LogP contribution >= 0.6 is 11.3 Å². The van der Waals surface area contributed by atoms with Gasteiger partial charge in [-0.25, -0.2) is 4.98 Å². The van der Waals surface area contributed by atoms with E-state index in [2.05, 4.69) is 15.6 Å². The summed E-state index contributed by atoms with van der Waals surface area (Å²) in [4.78, 5) is 27.4. The van der Waals surface area contributed by atoms with Crippen LogP contribution in [0.15, 0.2) is 18.2 Å². The Bertz CT molecular complexity index is 676. The van der Waals surface area contributed by atoms with E-state index in [9.17, 15) is 9.59 Å². The first kappa shape index (κ1) is 13.1. The summed E-state index contributed by atoms with van der Waals surface area (Å²) in [5.74, 6) is 0.228. The third-order valence-corrected chi connectivity index (χ3v) is 4.11. The Morgan fingerprint density at radius 2 is 2.15 bits per heavy atom. The van der Waals surface area contributed by atoms with E-state index in [-0.39, 0.29) is 17.7 Å². The topological polar surface area (TPSA) is 71.1 Å². The average molecular weight is 289 g/mol. The molecule has 0 saturated heterocycles. The Morgan fingerprint density at radius 1 is 1.35 bits per heavy atom. The fourth-order valence-electron chi connectivity index (χ4n) is 1.85. The third kappa shape index (κ3) is 2.80. The van der Waals surface area contributed by atoms with E-state index in [1.54, 1.807) is 6.92 Å². The van der Waals surface area contributed by atoms with E-state index in [0.717, 1.165) is 28.7 Å². The maximum atomic E-state index is 11.7. The van der Waals surface area contributed by atoms with Gasteiger partial charge in [0.15, 0.2) is 5.13 Å². The molecule has 3 rings (SSSR count). The summed E-state index contributed by atoms with van der Waals surface area (Å²) in [6, 6.07) is 5.60. The molecular weight excluding hydrogens is 274 g/mol. The van der Waals surface area contributed by atoms with Gasteiger partial charge in [0.1, 0.15) is 0 Å². The van der Waals surface area contributed by atoms with Crippen LogP contribution in [0.25, 0.3) is 10.2 Å². The molecule has 0 spiro atoms. The molecule has 0 atom stereocenters. The highest BCUT2D eigenvalue weighted by Gasteiger charge is 2.29. The van der Waals surface area contributed by atoms with Crippen LogP contribution in [0.5, 0.6) is 0 Å². The van der Waals surface area contributed by atoms with Crippen molar-refractivity contribution >= 4 is 44.2 Å². The molecule has 1 aromatic carbocycles.